The number of carboxylic acid groups (broad SMARTS) is 1. The molecule has 0 heterocycles. The van der Waals surface area contributed by atoms with E-state index in [0.717, 1.165) is 6.42 Å². The molecule has 13 heteroatoms. The van der Waals surface area contributed by atoms with Gasteiger partial charge in [0, 0.05) is 41.3 Å². The molecule has 0 aliphatic rings. The number of nitrogens with one attached hydrogen (secondary N) is 4. The largest absolute Gasteiger partial charge is 0.481 e. The molecule has 47 heavy (non-hydrogen) atoms. The summed E-state index contributed by atoms with van der Waals surface area (Å²) in [6, 6.07) is 0. The summed E-state index contributed by atoms with van der Waals surface area (Å²) in [5, 5.41) is 26.7. The third-order valence-corrected chi connectivity index (χ3v) is 9.34. The minimum Gasteiger partial charge on any atom is -0.481 e. The van der Waals surface area contributed by atoms with Gasteiger partial charge < -0.3 is 30.3 Å². The number of amides is 2. The number of hydrogen-bond acceptors (Lipinski definition) is 10. The van der Waals surface area contributed by atoms with Gasteiger partial charge in [-0.2, -0.15) is 0 Å². The molecule has 0 rings (SSSR count). The minimum absolute atomic E-state index is 0.0676. The lowest BCUT2D eigenvalue weighted by molar-refractivity contribution is -0.195. The van der Waals surface area contributed by atoms with Crippen LogP contribution in [0.1, 0.15) is 129 Å². The molecule has 12 nitrogen and oxygen atoms in total. The predicted octanol–water partition coefficient (Wildman–Crippen LogP) is 4.94. The molecule has 0 bridgehead atoms. The van der Waals surface area contributed by atoms with Gasteiger partial charge in [0.15, 0.2) is 5.79 Å². The summed E-state index contributed by atoms with van der Waals surface area (Å²) in [7, 11) is 1.98. The fraction of sp³-hybridized carbons (Fsp3) is 0.912. The lowest BCUT2D eigenvalue weighted by atomic mass is 9.74. The molecule has 0 radical (unpaired) electrons. The van der Waals surface area contributed by atoms with Crippen molar-refractivity contribution in [3.63, 3.8) is 0 Å². The highest BCUT2D eigenvalue weighted by molar-refractivity contribution is 7.98. The van der Waals surface area contributed by atoms with Crippen molar-refractivity contribution in [2.75, 3.05) is 26.8 Å². The van der Waals surface area contributed by atoms with Crippen LogP contribution in [0.3, 0.4) is 0 Å². The van der Waals surface area contributed by atoms with Crippen LogP contribution in [-0.2, 0) is 28.7 Å². The van der Waals surface area contributed by atoms with Gasteiger partial charge in [-0.1, -0.05) is 32.7 Å². The standard InChI is InChI=1S/C34H68N4O8S/c1-24(46-37-27(40)29(3,4)23-30(5,6)28(41)42)15-19-44-33(11,12)22-26(39)36-18-16-34(13,43)45-20-17-31(7,8)38-47-25(2)21-32(9,10)35-14/h24-25,35,38,43H,15-23H2,1-14H3,(H,36,39)(H,37,40)(H,41,42). The highest BCUT2D eigenvalue weighted by Crippen LogP contribution is 2.34. The first-order valence-electron chi connectivity index (χ1n) is 16.7. The number of rotatable bonds is 25. The summed E-state index contributed by atoms with van der Waals surface area (Å²) in [6.07, 6.45) is 2.33. The van der Waals surface area contributed by atoms with E-state index < -0.39 is 34.1 Å². The van der Waals surface area contributed by atoms with Crippen molar-refractivity contribution < 1.29 is 38.9 Å². The van der Waals surface area contributed by atoms with Gasteiger partial charge in [0.05, 0.1) is 30.1 Å². The first-order valence-corrected chi connectivity index (χ1v) is 17.6. The highest BCUT2D eigenvalue weighted by Gasteiger charge is 2.39. The Morgan fingerprint density at radius 2 is 1.43 bits per heavy atom. The zero-order valence-corrected chi connectivity index (χ0v) is 32.6. The molecule has 6 N–H and O–H groups in total. The van der Waals surface area contributed by atoms with Crippen molar-refractivity contribution in [3.05, 3.63) is 0 Å². The molecule has 0 aromatic rings. The van der Waals surface area contributed by atoms with Crippen LogP contribution in [0.15, 0.2) is 0 Å². The second-order valence-electron chi connectivity index (χ2n) is 16.3. The van der Waals surface area contributed by atoms with Crippen molar-refractivity contribution in [1.82, 2.24) is 20.8 Å². The monoisotopic (exact) mass is 692 g/mol. The quantitative estimate of drug-likeness (QED) is 0.0436. The number of aliphatic carboxylic acids is 1. The predicted molar refractivity (Wildman–Crippen MR) is 189 cm³/mol. The summed E-state index contributed by atoms with van der Waals surface area (Å²) in [6.45, 7) is 25.3. The topological polar surface area (TPSA) is 167 Å². The lowest BCUT2D eigenvalue weighted by Gasteiger charge is -2.32. The van der Waals surface area contributed by atoms with Crippen LogP contribution in [0.2, 0.25) is 0 Å². The fourth-order valence-electron chi connectivity index (χ4n) is 4.82. The average molecular weight is 693 g/mol. The second-order valence-corrected chi connectivity index (χ2v) is 17.6. The van der Waals surface area contributed by atoms with E-state index in [0.29, 0.717) is 31.3 Å². The molecule has 0 fully saturated rings. The maximum absolute atomic E-state index is 12.6. The van der Waals surface area contributed by atoms with Crippen LogP contribution < -0.4 is 20.8 Å². The third-order valence-electron chi connectivity index (χ3n) is 8.10. The summed E-state index contributed by atoms with van der Waals surface area (Å²) in [5.41, 5.74) is -0.408. The Bertz CT molecular complexity index is 985. The third kappa shape index (κ3) is 20.6. The van der Waals surface area contributed by atoms with Crippen molar-refractivity contribution >= 4 is 29.7 Å². The Labute approximate surface area is 289 Å². The molecule has 0 saturated heterocycles. The molecule has 2 amide bonds. The van der Waals surface area contributed by atoms with E-state index in [-0.39, 0.29) is 48.9 Å². The number of hydrogen-bond donors (Lipinski definition) is 6. The number of ether oxygens (including phenoxy) is 2. The number of hydroxylamine groups is 1. The zero-order chi connectivity index (χ0) is 36.9. The second kappa shape index (κ2) is 19.1. The molecular weight excluding hydrogens is 624 g/mol. The zero-order valence-electron chi connectivity index (χ0n) is 31.8. The van der Waals surface area contributed by atoms with Gasteiger partial charge in [0.25, 0.3) is 0 Å². The lowest BCUT2D eigenvalue weighted by Crippen LogP contribution is -2.43. The van der Waals surface area contributed by atoms with Crippen LogP contribution in [-0.4, -0.2) is 88.6 Å². The van der Waals surface area contributed by atoms with Gasteiger partial charge >= 0.3 is 5.97 Å². The normalized spacial score (nSPS) is 15.9. The van der Waals surface area contributed by atoms with Gasteiger partial charge in [-0.15, -0.1) is 0 Å². The van der Waals surface area contributed by atoms with Crippen molar-refractivity contribution in [1.29, 1.82) is 0 Å². The van der Waals surface area contributed by atoms with Crippen molar-refractivity contribution in [3.8, 4) is 0 Å². The first kappa shape index (κ1) is 45.5. The molecule has 278 valence electrons. The van der Waals surface area contributed by atoms with E-state index in [2.05, 4.69) is 55.5 Å². The number of carbonyl (C=O) groups is 3. The van der Waals surface area contributed by atoms with Gasteiger partial charge in [-0.3, -0.25) is 23.9 Å². The molecule has 3 atom stereocenters. The van der Waals surface area contributed by atoms with Crippen LogP contribution in [0.25, 0.3) is 0 Å². The molecule has 0 aromatic heterocycles. The van der Waals surface area contributed by atoms with Crippen molar-refractivity contribution in [2.45, 2.75) is 162 Å². The average Bonchev–Trinajstić information content (AvgIpc) is 2.88. The van der Waals surface area contributed by atoms with Gasteiger partial charge in [-0.25, -0.2) is 5.48 Å². The molecule has 3 unspecified atom stereocenters. The maximum Gasteiger partial charge on any atom is 0.309 e. The summed E-state index contributed by atoms with van der Waals surface area (Å²) in [5.74, 6) is -2.94. The fourth-order valence-corrected chi connectivity index (χ4v) is 5.94. The van der Waals surface area contributed by atoms with E-state index in [1.54, 1.807) is 53.5 Å². The van der Waals surface area contributed by atoms with Gasteiger partial charge in [-0.05, 0) is 102 Å². The van der Waals surface area contributed by atoms with E-state index in [1.165, 1.54) is 0 Å². The summed E-state index contributed by atoms with van der Waals surface area (Å²) >= 11 is 1.71. The molecule has 0 aliphatic heterocycles. The summed E-state index contributed by atoms with van der Waals surface area (Å²) < 4.78 is 15.2. The Balaban J connectivity index is 4.42. The number of aliphatic hydroxyl groups is 1. The van der Waals surface area contributed by atoms with Crippen LogP contribution in [0, 0.1) is 10.8 Å². The Kier molecular flexibility index (Phi) is 18.5. The minimum atomic E-state index is -1.38. The Morgan fingerprint density at radius 3 is 1.98 bits per heavy atom. The highest BCUT2D eigenvalue weighted by atomic mass is 32.2. The molecule has 0 aromatic carbocycles. The Morgan fingerprint density at radius 1 is 0.830 bits per heavy atom. The molecule has 0 saturated carbocycles. The van der Waals surface area contributed by atoms with Gasteiger partial charge in [0.2, 0.25) is 11.8 Å². The summed E-state index contributed by atoms with van der Waals surface area (Å²) in [4.78, 5) is 42.1. The Hall–Kier alpha value is -1.48. The molecule has 0 spiro atoms. The van der Waals surface area contributed by atoms with E-state index in [9.17, 15) is 24.6 Å². The van der Waals surface area contributed by atoms with Crippen LogP contribution >= 0.6 is 11.9 Å². The van der Waals surface area contributed by atoms with Crippen LogP contribution in [0.4, 0.5) is 0 Å². The SMILES string of the molecule is CNC(C)(C)CC(C)SNC(C)(C)CCOC(C)(O)CCNC(=O)CC(C)(C)OCCC(C)ONC(=O)C(C)(C)CC(C)(C)C(=O)O. The smallest absolute Gasteiger partial charge is 0.309 e. The number of carbonyl (C=O) groups excluding carboxylic acids is 2. The van der Waals surface area contributed by atoms with Crippen LogP contribution in [0.5, 0.6) is 0 Å². The first-order chi connectivity index (χ1) is 21.1. The molecule has 0 aliphatic carbocycles. The number of carboxylic acids is 1. The van der Waals surface area contributed by atoms with E-state index >= 15 is 0 Å². The molecular formula is C34H68N4O8S. The van der Waals surface area contributed by atoms with E-state index in [1.807, 2.05) is 20.9 Å². The maximum atomic E-state index is 12.6. The van der Waals surface area contributed by atoms with Gasteiger partial charge in [0.1, 0.15) is 0 Å². The van der Waals surface area contributed by atoms with E-state index in [4.69, 9.17) is 14.3 Å². The van der Waals surface area contributed by atoms with Crippen molar-refractivity contribution in [2.24, 2.45) is 10.8 Å².